The van der Waals surface area contributed by atoms with Gasteiger partial charge in [0.05, 0.1) is 6.04 Å². The van der Waals surface area contributed by atoms with Gasteiger partial charge in [-0.05, 0) is 50.1 Å². The second-order valence-electron chi connectivity index (χ2n) is 5.25. The quantitative estimate of drug-likeness (QED) is 0.918. The third-order valence-corrected chi connectivity index (χ3v) is 3.23. The van der Waals surface area contributed by atoms with Crippen LogP contribution in [0.4, 0.5) is 4.39 Å². The molecule has 2 rings (SSSR count). The van der Waals surface area contributed by atoms with E-state index in [1.165, 1.54) is 23.3 Å². The number of aryl methyl sites for hydroxylation is 3. The van der Waals surface area contributed by atoms with Crippen molar-refractivity contribution in [2.24, 2.45) is 5.73 Å². The minimum Gasteiger partial charge on any atom is -0.491 e. The first-order chi connectivity index (χ1) is 9.45. The zero-order valence-electron chi connectivity index (χ0n) is 12.1. The second-order valence-corrected chi connectivity index (χ2v) is 5.25. The van der Waals surface area contributed by atoms with Gasteiger partial charge in [-0.1, -0.05) is 29.3 Å². The van der Waals surface area contributed by atoms with Crippen LogP contribution in [0, 0.1) is 26.6 Å². The van der Waals surface area contributed by atoms with Crippen LogP contribution < -0.4 is 10.5 Å². The summed E-state index contributed by atoms with van der Waals surface area (Å²) in [6.45, 7) is 6.29. The van der Waals surface area contributed by atoms with Gasteiger partial charge in [0.25, 0.3) is 0 Å². The number of hydrogen-bond acceptors (Lipinski definition) is 2. The van der Waals surface area contributed by atoms with Crippen LogP contribution in [0.3, 0.4) is 0 Å². The standard InChI is InChI=1S/C17H20FNO/c1-11-6-12(2)8-14(7-11)16(19)10-20-17-5-4-15(18)9-13(17)3/h4-9,16H,10,19H2,1-3H3. The number of benzene rings is 2. The van der Waals surface area contributed by atoms with E-state index in [0.717, 1.165) is 11.1 Å². The fourth-order valence-electron chi connectivity index (χ4n) is 2.27. The van der Waals surface area contributed by atoms with E-state index in [9.17, 15) is 4.39 Å². The molecule has 0 fully saturated rings. The molecule has 1 atom stereocenters. The Kier molecular flexibility index (Phi) is 4.40. The van der Waals surface area contributed by atoms with Crippen LogP contribution in [0.15, 0.2) is 36.4 Å². The average molecular weight is 273 g/mol. The van der Waals surface area contributed by atoms with Gasteiger partial charge in [-0.3, -0.25) is 0 Å². The molecule has 2 aromatic carbocycles. The van der Waals surface area contributed by atoms with E-state index in [4.69, 9.17) is 10.5 Å². The Morgan fingerprint density at radius 3 is 2.30 bits per heavy atom. The first kappa shape index (κ1) is 14.5. The Hall–Kier alpha value is -1.87. The summed E-state index contributed by atoms with van der Waals surface area (Å²) in [6, 6.07) is 10.5. The number of ether oxygens (including phenoxy) is 1. The lowest BCUT2D eigenvalue weighted by Gasteiger charge is -2.16. The van der Waals surface area contributed by atoms with E-state index in [1.807, 2.05) is 20.8 Å². The Balaban J connectivity index is 2.06. The molecule has 0 heterocycles. The van der Waals surface area contributed by atoms with Crippen LogP contribution in [0.1, 0.15) is 28.3 Å². The summed E-state index contributed by atoms with van der Waals surface area (Å²) in [7, 11) is 0. The minimum atomic E-state index is -0.256. The molecular weight excluding hydrogens is 253 g/mol. The summed E-state index contributed by atoms with van der Waals surface area (Å²) in [6.07, 6.45) is 0. The van der Waals surface area contributed by atoms with Crippen LogP contribution in [0.2, 0.25) is 0 Å². The highest BCUT2D eigenvalue weighted by Gasteiger charge is 2.09. The van der Waals surface area contributed by atoms with Crippen molar-refractivity contribution in [2.45, 2.75) is 26.8 Å². The lowest BCUT2D eigenvalue weighted by atomic mass is 10.0. The molecule has 2 aromatic rings. The molecule has 2 nitrogen and oxygen atoms in total. The summed E-state index contributed by atoms with van der Waals surface area (Å²) in [5.74, 6) is 0.416. The summed E-state index contributed by atoms with van der Waals surface area (Å²) in [5.41, 5.74) is 10.4. The van der Waals surface area contributed by atoms with Crippen molar-refractivity contribution in [3.63, 3.8) is 0 Å². The Morgan fingerprint density at radius 2 is 1.70 bits per heavy atom. The highest BCUT2D eigenvalue weighted by molar-refractivity contribution is 5.33. The molecule has 0 amide bonds. The van der Waals surface area contributed by atoms with Gasteiger partial charge < -0.3 is 10.5 Å². The molecule has 20 heavy (non-hydrogen) atoms. The molecule has 1 unspecified atom stereocenters. The Morgan fingerprint density at radius 1 is 1.05 bits per heavy atom. The van der Waals surface area contributed by atoms with E-state index < -0.39 is 0 Å². The molecule has 2 N–H and O–H groups in total. The van der Waals surface area contributed by atoms with Gasteiger partial charge in [-0.2, -0.15) is 0 Å². The molecule has 0 aliphatic heterocycles. The monoisotopic (exact) mass is 273 g/mol. The molecule has 0 saturated heterocycles. The highest BCUT2D eigenvalue weighted by Crippen LogP contribution is 2.21. The van der Waals surface area contributed by atoms with Crippen molar-refractivity contribution in [3.8, 4) is 5.75 Å². The first-order valence-electron chi connectivity index (χ1n) is 6.68. The Labute approximate surface area is 119 Å². The van der Waals surface area contributed by atoms with E-state index in [-0.39, 0.29) is 11.9 Å². The molecule has 0 spiro atoms. The number of halogens is 1. The van der Waals surface area contributed by atoms with Gasteiger partial charge in [-0.25, -0.2) is 4.39 Å². The van der Waals surface area contributed by atoms with Crippen LogP contribution in [0.5, 0.6) is 5.75 Å². The zero-order chi connectivity index (χ0) is 14.7. The first-order valence-corrected chi connectivity index (χ1v) is 6.68. The fourth-order valence-corrected chi connectivity index (χ4v) is 2.27. The highest BCUT2D eigenvalue weighted by atomic mass is 19.1. The largest absolute Gasteiger partial charge is 0.491 e. The third kappa shape index (κ3) is 3.58. The molecule has 3 heteroatoms. The topological polar surface area (TPSA) is 35.2 Å². The number of hydrogen-bond donors (Lipinski definition) is 1. The van der Waals surface area contributed by atoms with Crippen molar-refractivity contribution >= 4 is 0 Å². The molecule has 0 saturated carbocycles. The summed E-state index contributed by atoms with van der Waals surface area (Å²) >= 11 is 0. The second kappa shape index (κ2) is 6.06. The van der Waals surface area contributed by atoms with Gasteiger partial charge in [0.2, 0.25) is 0 Å². The SMILES string of the molecule is Cc1cc(C)cc(C(N)COc2ccc(F)cc2C)c1. The van der Waals surface area contributed by atoms with Gasteiger partial charge >= 0.3 is 0 Å². The molecule has 106 valence electrons. The molecular formula is C17H20FNO. The van der Waals surface area contributed by atoms with Crippen LogP contribution in [-0.4, -0.2) is 6.61 Å². The molecule has 0 radical (unpaired) electrons. The van der Waals surface area contributed by atoms with Crippen molar-refractivity contribution in [1.82, 2.24) is 0 Å². The van der Waals surface area contributed by atoms with Gasteiger partial charge in [-0.15, -0.1) is 0 Å². The lowest BCUT2D eigenvalue weighted by molar-refractivity contribution is 0.288. The molecule has 0 aliphatic rings. The van der Waals surface area contributed by atoms with Crippen molar-refractivity contribution < 1.29 is 9.13 Å². The summed E-state index contributed by atoms with van der Waals surface area (Å²) < 4.78 is 18.7. The van der Waals surface area contributed by atoms with E-state index >= 15 is 0 Å². The maximum Gasteiger partial charge on any atom is 0.123 e. The lowest BCUT2D eigenvalue weighted by Crippen LogP contribution is -2.19. The average Bonchev–Trinajstić information content (AvgIpc) is 2.36. The number of rotatable bonds is 4. The third-order valence-electron chi connectivity index (χ3n) is 3.23. The van der Waals surface area contributed by atoms with E-state index in [1.54, 1.807) is 6.07 Å². The summed E-state index contributed by atoms with van der Waals surface area (Å²) in [4.78, 5) is 0. The molecule has 0 aliphatic carbocycles. The number of nitrogens with two attached hydrogens (primary N) is 1. The normalized spacial score (nSPS) is 12.2. The van der Waals surface area contributed by atoms with E-state index in [2.05, 4.69) is 18.2 Å². The molecule has 0 bridgehead atoms. The maximum absolute atomic E-state index is 13.0. The fraction of sp³-hybridized carbons (Fsp3) is 0.294. The van der Waals surface area contributed by atoms with Crippen molar-refractivity contribution in [3.05, 3.63) is 64.5 Å². The maximum atomic E-state index is 13.0. The van der Waals surface area contributed by atoms with Crippen LogP contribution in [0.25, 0.3) is 0 Å². The van der Waals surface area contributed by atoms with Gasteiger partial charge in [0.15, 0.2) is 0 Å². The smallest absolute Gasteiger partial charge is 0.123 e. The van der Waals surface area contributed by atoms with Gasteiger partial charge in [0.1, 0.15) is 18.2 Å². The predicted octanol–water partition coefficient (Wildman–Crippen LogP) is 3.83. The zero-order valence-corrected chi connectivity index (χ0v) is 12.1. The van der Waals surface area contributed by atoms with Crippen molar-refractivity contribution in [2.75, 3.05) is 6.61 Å². The van der Waals surface area contributed by atoms with Crippen LogP contribution >= 0.6 is 0 Å². The van der Waals surface area contributed by atoms with Crippen molar-refractivity contribution in [1.29, 1.82) is 0 Å². The van der Waals surface area contributed by atoms with Gasteiger partial charge in [0, 0.05) is 0 Å². The molecule has 0 aromatic heterocycles. The Bertz CT molecular complexity index is 590. The summed E-state index contributed by atoms with van der Waals surface area (Å²) in [5, 5.41) is 0. The van der Waals surface area contributed by atoms with E-state index in [0.29, 0.717) is 12.4 Å². The predicted molar refractivity (Wildman–Crippen MR) is 79.5 cm³/mol. The van der Waals surface area contributed by atoms with Crippen LogP contribution in [-0.2, 0) is 0 Å². The minimum absolute atomic E-state index is 0.196.